The molecule has 0 aromatic heterocycles. The predicted molar refractivity (Wildman–Crippen MR) is 57.7 cm³/mol. The monoisotopic (exact) mass is 208 g/mol. The first-order valence-corrected chi connectivity index (χ1v) is 5.16. The van der Waals surface area contributed by atoms with E-state index in [1.54, 1.807) is 24.3 Å². The van der Waals surface area contributed by atoms with Gasteiger partial charge < -0.3 is 9.84 Å². The number of phenolic OH excluding ortho intramolecular Hbond substituents is 1. The lowest BCUT2D eigenvalue weighted by Gasteiger charge is -2.04. The fraction of sp³-hybridized carbons (Fsp3) is 0.417. The van der Waals surface area contributed by atoms with Crippen LogP contribution in [0.15, 0.2) is 24.3 Å². The lowest BCUT2D eigenvalue weighted by molar-refractivity contribution is -0.142. The molecule has 0 saturated heterocycles. The van der Waals surface area contributed by atoms with E-state index < -0.39 is 0 Å². The molecule has 0 heterocycles. The smallest absolute Gasteiger partial charge is 0.310 e. The first kappa shape index (κ1) is 11.6. The summed E-state index contributed by atoms with van der Waals surface area (Å²) < 4.78 is 5.01. The molecule has 1 rings (SSSR count). The normalized spacial score (nSPS) is 9.93. The highest BCUT2D eigenvalue weighted by Gasteiger charge is 2.04. The lowest BCUT2D eigenvalue weighted by atomic mass is 10.1. The van der Waals surface area contributed by atoms with Crippen molar-refractivity contribution in [3.63, 3.8) is 0 Å². The van der Waals surface area contributed by atoms with Gasteiger partial charge in [-0.2, -0.15) is 0 Å². The van der Waals surface area contributed by atoms with Gasteiger partial charge in [-0.05, 0) is 24.1 Å². The van der Waals surface area contributed by atoms with Gasteiger partial charge in [-0.3, -0.25) is 4.79 Å². The first-order valence-electron chi connectivity index (χ1n) is 5.16. The molecular formula is C12H16O3. The Morgan fingerprint density at radius 1 is 1.47 bits per heavy atom. The molecule has 0 aliphatic heterocycles. The standard InChI is InChI=1S/C12H16O3/c1-2-3-7-15-12(14)9-10-5-4-6-11(13)8-10/h4-6,8,13H,2-3,7,9H2,1H3. The number of hydrogen-bond donors (Lipinski definition) is 1. The highest BCUT2D eigenvalue weighted by molar-refractivity contribution is 5.72. The highest BCUT2D eigenvalue weighted by Crippen LogP contribution is 2.11. The Labute approximate surface area is 89.7 Å². The first-order chi connectivity index (χ1) is 7.22. The molecule has 0 fully saturated rings. The lowest BCUT2D eigenvalue weighted by Crippen LogP contribution is -2.08. The molecular weight excluding hydrogens is 192 g/mol. The Kier molecular flexibility index (Phi) is 4.68. The molecule has 0 unspecified atom stereocenters. The van der Waals surface area contributed by atoms with E-state index in [-0.39, 0.29) is 18.1 Å². The van der Waals surface area contributed by atoms with Crippen molar-refractivity contribution in [3.8, 4) is 5.75 Å². The Morgan fingerprint density at radius 2 is 2.27 bits per heavy atom. The number of hydrogen-bond acceptors (Lipinski definition) is 3. The minimum atomic E-state index is -0.242. The average Bonchev–Trinajstić information content (AvgIpc) is 2.18. The van der Waals surface area contributed by atoms with Gasteiger partial charge in [0.2, 0.25) is 0 Å². The Hall–Kier alpha value is -1.51. The van der Waals surface area contributed by atoms with Gasteiger partial charge in [0.25, 0.3) is 0 Å². The zero-order valence-corrected chi connectivity index (χ0v) is 8.90. The third kappa shape index (κ3) is 4.49. The van der Waals surface area contributed by atoms with Crippen molar-refractivity contribution in [2.75, 3.05) is 6.61 Å². The van der Waals surface area contributed by atoms with Crippen LogP contribution in [-0.2, 0) is 16.0 Å². The Balaban J connectivity index is 2.37. The molecule has 3 nitrogen and oxygen atoms in total. The maximum atomic E-state index is 11.3. The summed E-state index contributed by atoms with van der Waals surface area (Å²) in [5, 5.41) is 9.19. The number of unbranched alkanes of at least 4 members (excludes halogenated alkanes) is 1. The van der Waals surface area contributed by atoms with Gasteiger partial charge in [-0.15, -0.1) is 0 Å². The van der Waals surface area contributed by atoms with Crippen molar-refractivity contribution in [2.24, 2.45) is 0 Å². The van der Waals surface area contributed by atoms with E-state index >= 15 is 0 Å². The van der Waals surface area contributed by atoms with E-state index in [2.05, 4.69) is 0 Å². The maximum absolute atomic E-state index is 11.3. The quantitative estimate of drug-likeness (QED) is 0.596. The number of rotatable bonds is 5. The Bertz CT molecular complexity index is 320. The van der Waals surface area contributed by atoms with E-state index in [0.717, 1.165) is 18.4 Å². The second kappa shape index (κ2) is 6.06. The van der Waals surface area contributed by atoms with Crippen molar-refractivity contribution in [1.29, 1.82) is 0 Å². The summed E-state index contributed by atoms with van der Waals surface area (Å²) in [5.41, 5.74) is 0.775. The largest absolute Gasteiger partial charge is 0.508 e. The zero-order valence-electron chi connectivity index (χ0n) is 8.90. The van der Waals surface area contributed by atoms with E-state index in [1.165, 1.54) is 0 Å². The molecule has 0 radical (unpaired) electrons. The summed E-state index contributed by atoms with van der Waals surface area (Å²) in [6, 6.07) is 6.65. The molecule has 1 aromatic rings. The van der Waals surface area contributed by atoms with Crippen LogP contribution in [0.25, 0.3) is 0 Å². The third-order valence-corrected chi connectivity index (χ3v) is 2.02. The van der Waals surface area contributed by atoms with Crippen LogP contribution >= 0.6 is 0 Å². The molecule has 82 valence electrons. The number of carbonyl (C=O) groups is 1. The van der Waals surface area contributed by atoms with Gasteiger partial charge in [-0.1, -0.05) is 25.5 Å². The maximum Gasteiger partial charge on any atom is 0.310 e. The molecule has 15 heavy (non-hydrogen) atoms. The summed E-state index contributed by atoms with van der Waals surface area (Å²) in [7, 11) is 0. The van der Waals surface area contributed by atoms with Crippen LogP contribution in [0.4, 0.5) is 0 Å². The fourth-order valence-electron chi connectivity index (χ4n) is 1.21. The summed E-state index contributed by atoms with van der Waals surface area (Å²) in [6.45, 7) is 2.53. The minimum absolute atomic E-state index is 0.175. The topological polar surface area (TPSA) is 46.5 Å². The van der Waals surface area contributed by atoms with E-state index in [9.17, 15) is 9.90 Å². The zero-order chi connectivity index (χ0) is 11.1. The molecule has 0 bridgehead atoms. The van der Waals surface area contributed by atoms with E-state index in [4.69, 9.17) is 4.74 Å². The van der Waals surface area contributed by atoms with Crippen molar-refractivity contribution < 1.29 is 14.6 Å². The minimum Gasteiger partial charge on any atom is -0.508 e. The van der Waals surface area contributed by atoms with Gasteiger partial charge in [0.05, 0.1) is 13.0 Å². The Morgan fingerprint density at radius 3 is 2.93 bits per heavy atom. The molecule has 1 N–H and O–H groups in total. The summed E-state index contributed by atoms with van der Waals surface area (Å²) in [5.74, 6) is -0.0668. The van der Waals surface area contributed by atoms with Crippen molar-refractivity contribution >= 4 is 5.97 Å². The van der Waals surface area contributed by atoms with Crippen LogP contribution in [0.5, 0.6) is 5.75 Å². The van der Waals surface area contributed by atoms with Gasteiger partial charge in [0, 0.05) is 0 Å². The molecule has 0 atom stereocenters. The number of carbonyl (C=O) groups excluding carboxylic acids is 1. The fourth-order valence-corrected chi connectivity index (χ4v) is 1.21. The van der Waals surface area contributed by atoms with Gasteiger partial charge in [0.1, 0.15) is 5.75 Å². The van der Waals surface area contributed by atoms with E-state index in [0.29, 0.717) is 6.61 Å². The molecule has 0 spiro atoms. The number of ether oxygens (including phenoxy) is 1. The molecule has 3 heteroatoms. The SMILES string of the molecule is CCCCOC(=O)Cc1cccc(O)c1. The van der Waals surface area contributed by atoms with Crippen LogP contribution in [0.3, 0.4) is 0 Å². The number of benzene rings is 1. The summed E-state index contributed by atoms with van der Waals surface area (Å²) >= 11 is 0. The summed E-state index contributed by atoms with van der Waals surface area (Å²) in [6.07, 6.45) is 2.13. The number of esters is 1. The van der Waals surface area contributed by atoms with Gasteiger partial charge in [-0.25, -0.2) is 0 Å². The van der Waals surface area contributed by atoms with Gasteiger partial charge >= 0.3 is 5.97 Å². The van der Waals surface area contributed by atoms with Crippen molar-refractivity contribution in [1.82, 2.24) is 0 Å². The molecule has 0 saturated carbocycles. The number of aromatic hydroxyl groups is 1. The van der Waals surface area contributed by atoms with Crippen molar-refractivity contribution in [2.45, 2.75) is 26.2 Å². The van der Waals surface area contributed by atoms with Crippen LogP contribution in [0, 0.1) is 0 Å². The molecule has 1 aromatic carbocycles. The second-order valence-electron chi connectivity index (χ2n) is 3.42. The van der Waals surface area contributed by atoms with Crippen LogP contribution in [0.2, 0.25) is 0 Å². The van der Waals surface area contributed by atoms with Crippen LogP contribution in [-0.4, -0.2) is 17.7 Å². The van der Waals surface area contributed by atoms with E-state index in [1.807, 2.05) is 6.92 Å². The summed E-state index contributed by atoms with van der Waals surface area (Å²) in [4.78, 5) is 11.3. The van der Waals surface area contributed by atoms with Crippen LogP contribution < -0.4 is 0 Å². The van der Waals surface area contributed by atoms with Crippen LogP contribution in [0.1, 0.15) is 25.3 Å². The number of phenols is 1. The van der Waals surface area contributed by atoms with Crippen molar-refractivity contribution in [3.05, 3.63) is 29.8 Å². The molecule has 0 aliphatic carbocycles. The average molecular weight is 208 g/mol. The molecule has 0 aliphatic rings. The third-order valence-electron chi connectivity index (χ3n) is 2.02. The molecule has 0 amide bonds. The predicted octanol–water partition coefficient (Wildman–Crippen LogP) is 2.28. The van der Waals surface area contributed by atoms with Gasteiger partial charge in [0.15, 0.2) is 0 Å². The highest BCUT2D eigenvalue weighted by atomic mass is 16.5. The second-order valence-corrected chi connectivity index (χ2v) is 3.42.